The van der Waals surface area contributed by atoms with E-state index in [1.165, 1.54) is 24.3 Å². The van der Waals surface area contributed by atoms with E-state index in [1.54, 1.807) is 16.7 Å². The van der Waals surface area contributed by atoms with Crippen LogP contribution in [-0.2, 0) is 4.79 Å². The first kappa shape index (κ1) is 18.8. The highest BCUT2D eigenvalue weighted by molar-refractivity contribution is 7.23. The first-order valence-electron chi connectivity index (χ1n) is 9.08. The van der Waals surface area contributed by atoms with Crippen LogP contribution in [0.2, 0.25) is 0 Å². The van der Waals surface area contributed by atoms with Crippen molar-refractivity contribution in [3.8, 4) is 5.69 Å². The van der Waals surface area contributed by atoms with E-state index in [0.29, 0.717) is 32.0 Å². The van der Waals surface area contributed by atoms with Gasteiger partial charge < -0.3 is 5.32 Å². The molecule has 5 nitrogen and oxygen atoms in total. The zero-order chi connectivity index (χ0) is 20.5. The number of pyridine rings is 1. The lowest BCUT2D eigenvalue weighted by Gasteiger charge is -2.07. The number of carbonyl (C=O) groups is 2. The summed E-state index contributed by atoms with van der Waals surface area (Å²) in [5, 5.41) is 3.84. The van der Waals surface area contributed by atoms with E-state index < -0.39 is 0 Å². The third-order valence-electron chi connectivity index (χ3n) is 4.55. The Bertz CT molecular complexity index is 1300. The van der Waals surface area contributed by atoms with Gasteiger partial charge in [-0.1, -0.05) is 53.3 Å². The molecule has 1 N–H and O–H groups in total. The van der Waals surface area contributed by atoms with Gasteiger partial charge in [-0.25, -0.2) is 0 Å². The molecule has 0 bridgehead atoms. The molecule has 0 saturated heterocycles. The van der Waals surface area contributed by atoms with Crippen LogP contribution in [0.5, 0.6) is 0 Å². The second-order valence-electron chi connectivity index (χ2n) is 6.75. The number of hydrogen-bond acceptors (Lipinski definition) is 4. The predicted molar refractivity (Wildman–Crippen MR) is 116 cm³/mol. The van der Waals surface area contributed by atoms with Crippen LogP contribution in [0.3, 0.4) is 0 Å². The molecule has 0 aliphatic carbocycles. The van der Waals surface area contributed by atoms with E-state index in [1.807, 2.05) is 55.5 Å². The van der Waals surface area contributed by atoms with Gasteiger partial charge in [-0.2, -0.15) is 0 Å². The van der Waals surface area contributed by atoms with E-state index in [0.717, 1.165) is 5.56 Å². The van der Waals surface area contributed by atoms with Gasteiger partial charge in [0.1, 0.15) is 9.83 Å². The molecule has 4 rings (SSSR count). The lowest BCUT2D eigenvalue weighted by molar-refractivity contribution is -0.114. The Morgan fingerprint density at radius 2 is 1.72 bits per heavy atom. The molecule has 29 heavy (non-hydrogen) atoms. The molecule has 0 radical (unpaired) electrons. The number of rotatable bonds is 4. The highest BCUT2D eigenvalue weighted by Crippen LogP contribution is 2.37. The summed E-state index contributed by atoms with van der Waals surface area (Å²) >= 11 is 1.23. The van der Waals surface area contributed by atoms with Crippen LogP contribution in [0, 0.1) is 6.92 Å². The number of hydrogen-bond donors (Lipinski definition) is 1. The molecular formula is C23H18N2O3S. The molecule has 0 fully saturated rings. The SMILES string of the molecule is CC(=O)Nc1sc2c(ccc(=O)n2-c2ccccc2)c1C(=O)c1cccc(C)c1. The van der Waals surface area contributed by atoms with Crippen molar-refractivity contribution in [1.29, 1.82) is 0 Å². The summed E-state index contributed by atoms with van der Waals surface area (Å²) in [6, 6.07) is 19.7. The average Bonchev–Trinajstić information content (AvgIpc) is 3.05. The number of nitrogens with zero attached hydrogens (tertiary/aromatic N) is 1. The minimum Gasteiger partial charge on any atom is -0.317 e. The summed E-state index contributed by atoms with van der Waals surface area (Å²) in [5.41, 5.74) is 2.41. The van der Waals surface area contributed by atoms with E-state index in [9.17, 15) is 14.4 Å². The molecule has 0 unspecified atom stereocenters. The molecule has 144 valence electrons. The predicted octanol–water partition coefficient (Wildman–Crippen LogP) is 4.55. The van der Waals surface area contributed by atoms with Crippen molar-refractivity contribution in [2.24, 2.45) is 0 Å². The number of nitrogens with one attached hydrogen (secondary N) is 1. The van der Waals surface area contributed by atoms with Gasteiger partial charge in [0.25, 0.3) is 5.56 Å². The van der Waals surface area contributed by atoms with Gasteiger partial charge >= 0.3 is 0 Å². The quantitative estimate of drug-likeness (QED) is 0.509. The monoisotopic (exact) mass is 402 g/mol. The van der Waals surface area contributed by atoms with Crippen LogP contribution < -0.4 is 10.9 Å². The van der Waals surface area contributed by atoms with E-state index in [-0.39, 0.29) is 17.2 Å². The summed E-state index contributed by atoms with van der Waals surface area (Å²) in [5.74, 6) is -0.467. The van der Waals surface area contributed by atoms with Gasteiger partial charge in [0.15, 0.2) is 5.78 Å². The third kappa shape index (κ3) is 3.50. The largest absolute Gasteiger partial charge is 0.317 e. The van der Waals surface area contributed by atoms with Gasteiger partial charge in [0.2, 0.25) is 5.91 Å². The number of para-hydroxylation sites is 1. The molecule has 0 spiro atoms. The second-order valence-corrected chi connectivity index (χ2v) is 7.75. The Kier molecular flexibility index (Phi) is 4.86. The fourth-order valence-corrected chi connectivity index (χ4v) is 4.57. The smallest absolute Gasteiger partial charge is 0.256 e. The molecule has 2 aromatic carbocycles. The van der Waals surface area contributed by atoms with Crippen molar-refractivity contribution in [3.05, 3.63) is 93.8 Å². The van der Waals surface area contributed by atoms with Gasteiger partial charge in [0, 0.05) is 23.9 Å². The minimum absolute atomic E-state index is 0.193. The summed E-state index contributed by atoms with van der Waals surface area (Å²) in [7, 11) is 0. The van der Waals surface area contributed by atoms with Crippen LogP contribution in [0.15, 0.2) is 71.5 Å². The number of thiophene rings is 1. The van der Waals surface area contributed by atoms with Crippen LogP contribution >= 0.6 is 11.3 Å². The van der Waals surface area contributed by atoms with Gasteiger partial charge in [0.05, 0.1) is 11.3 Å². The van der Waals surface area contributed by atoms with Crippen molar-refractivity contribution in [2.75, 3.05) is 5.32 Å². The fourth-order valence-electron chi connectivity index (χ4n) is 3.31. The zero-order valence-electron chi connectivity index (χ0n) is 15.9. The van der Waals surface area contributed by atoms with Crippen molar-refractivity contribution in [3.63, 3.8) is 0 Å². The Morgan fingerprint density at radius 3 is 2.41 bits per heavy atom. The molecule has 0 saturated carbocycles. The van der Waals surface area contributed by atoms with Crippen molar-refractivity contribution >= 4 is 38.2 Å². The maximum atomic E-state index is 13.4. The highest BCUT2D eigenvalue weighted by atomic mass is 32.1. The van der Waals surface area contributed by atoms with E-state index >= 15 is 0 Å². The lowest BCUT2D eigenvalue weighted by atomic mass is 10.0. The fraction of sp³-hybridized carbons (Fsp3) is 0.0870. The van der Waals surface area contributed by atoms with Crippen molar-refractivity contribution in [1.82, 2.24) is 4.57 Å². The molecule has 4 aromatic rings. The van der Waals surface area contributed by atoms with Crippen LogP contribution in [0.25, 0.3) is 15.9 Å². The maximum Gasteiger partial charge on any atom is 0.256 e. The number of ketones is 1. The van der Waals surface area contributed by atoms with Crippen molar-refractivity contribution < 1.29 is 9.59 Å². The van der Waals surface area contributed by atoms with E-state index in [2.05, 4.69) is 5.32 Å². The number of anilines is 1. The van der Waals surface area contributed by atoms with Crippen LogP contribution in [0.4, 0.5) is 5.00 Å². The topological polar surface area (TPSA) is 68.2 Å². The Hall–Kier alpha value is -3.51. The summed E-state index contributed by atoms with van der Waals surface area (Å²) in [6.45, 7) is 3.32. The molecule has 0 atom stereocenters. The number of carbonyl (C=O) groups excluding carboxylic acids is 2. The van der Waals surface area contributed by atoms with Crippen LogP contribution in [0.1, 0.15) is 28.4 Å². The van der Waals surface area contributed by atoms with Gasteiger partial charge in [-0.05, 0) is 31.2 Å². The molecule has 6 heteroatoms. The number of amides is 1. The molecule has 2 aromatic heterocycles. The van der Waals surface area contributed by atoms with E-state index in [4.69, 9.17) is 0 Å². The summed E-state index contributed by atoms with van der Waals surface area (Å²) in [6.07, 6.45) is 0. The minimum atomic E-state index is -0.275. The standard InChI is InChI=1S/C23H18N2O3S/c1-14-7-6-8-16(13-14)21(28)20-18-11-12-19(27)25(17-9-4-3-5-10-17)23(18)29-22(20)24-15(2)26/h3-13H,1-2H3,(H,24,26). The van der Waals surface area contributed by atoms with Gasteiger partial charge in [-0.15, -0.1) is 0 Å². The molecule has 2 heterocycles. The molecule has 0 aliphatic rings. The number of aromatic nitrogens is 1. The third-order valence-corrected chi connectivity index (χ3v) is 5.66. The maximum absolute atomic E-state index is 13.4. The Balaban J connectivity index is 2.02. The molecular weight excluding hydrogens is 384 g/mol. The zero-order valence-corrected chi connectivity index (χ0v) is 16.7. The molecule has 1 amide bonds. The summed E-state index contributed by atoms with van der Waals surface area (Å²) < 4.78 is 1.57. The number of benzene rings is 2. The highest BCUT2D eigenvalue weighted by Gasteiger charge is 2.23. The molecule has 0 aliphatic heterocycles. The summed E-state index contributed by atoms with van der Waals surface area (Å²) in [4.78, 5) is 38.4. The first-order chi connectivity index (χ1) is 14.0. The second kappa shape index (κ2) is 7.48. The van der Waals surface area contributed by atoms with Gasteiger partial charge in [-0.3, -0.25) is 19.0 Å². The lowest BCUT2D eigenvalue weighted by Crippen LogP contribution is -2.16. The van der Waals surface area contributed by atoms with Crippen molar-refractivity contribution in [2.45, 2.75) is 13.8 Å². The number of fused-ring (bicyclic) bond motifs is 1. The Morgan fingerprint density at radius 1 is 0.966 bits per heavy atom. The van der Waals surface area contributed by atoms with Crippen LogP contribution in [-0.4, -0.2) is 16.3 Å². The number of aryl methyl sites for hydroxylation is 1. The Labute approximate surface area is 171 Å². The first-order valence-corrected chi connectivity index (χ1v) is 9.90. The normalized spacial score (nSPS) is 10.8. The average molecular weight is 402 g/mol.